The molecule has 0 bridgehead atoms. The third kappa shape index (κ3) is 2.80. The first-order chi connectivity index (χ1) is 8.90. The van der Waals surface area contributed by atoms with Crippen LogP contribution in [0.15, 0.2) is 30.3 Å². The third-order valence-electron chi connectivity index (χ3n) is 2.93. The van der Waals surface area contributed by atoms with E-state index in [0.29, 0.717) is 16.1 Å². The van der Waals surface area contributed by atoms with Crippen LogP contribution in [0, 0.1) is 19.7 Å². The summed E-state index contributed by atoms with van der Waals surface area (Å²) in [5.41, 5.74) is 2.51. The Morgan fingerprint density at radius 3 is 2.32 bits per heavy atom. The Morgan fingerprint density at radius 2 is 1.68 bits per heavy atom. The molecule has 0 saturated carbocycles. The summed E-state index contributed by atoms with van der Waals surface area (Å²) in [4.78, 5) is 12.4. The largest absolute Gasteiger partial charge is 0.289 e. The minimum absolute atomic E-state index is 0.0609. The molecule has 98 valence electrons. The van der Waals surface area contributed by atoms with Crippen LogP contribution >= 0.6 is 23.2 Å². The van der Waals surface area contributed by atoms with Crippen LogP contribution in [0.2, 0.25) is 10.0 Å². The molecule has 19 heavy (non-hydrogen) atoms. The number of rotatable bonds is 2. The highest BCUT2D eigenvalue weighted by Gasteiger charge is 2.14. The summed E-state index contributed by atoms with van der Waals surface area (Å²) < 4.78 is 13.1. The van der Waals surface area contributed by atoms with Gasteiger partial charge in [-0.1, -0.05) is 23.2 Å². The molecule has 1 nitrogen and oxygen atoms in total. The van der Waals surface area contributed by atoms with E-state index >= 15 is 0 Å². The number of carbonyl (C=O) groups is 1. The van der Waals surface area contributed by atoms with Gasteiger partial charge < -0.3 is 0 Å². The highest BCUT2D eigenvalue weighted by Crippen LogP contribution is 2.24. The quantitative estimate of drug-likeness (QED) is 0.714. The molecule has 0 radical (unpaired) electrons. The minimum atomic E-state index is -0.540. The Kier molecular flexibility index (Phi) is 3.93. The van der Waals surface area contributed by atoms with Crippen molar-refractivity contribution >= 4 is 29.0 Å². The molecular formula is C15H11Cl2FO. The number of ketones is 1. The molecule has 0 unspecified atom stereocenters. The maximum absolute atomic E-state index is 13.1. The molecule has 0 aliphatic carbocycles. The number of halogens is 3. The third-order valence-corrected chi connectivity index (χ3v) is 3.63. The molecule has 0 heterocycles. The summed E-state index contributed by atoms with van der Waals surface area (Å²) in [7, 11) is 0. The summed E-state index contributed by atoms with van der Waals surface area (Å²) in [5.74, 6) is -0.735. The zero-order chi connectivity index (χ0) is 14.2. The van der Waals surface area contributed by atoms with Crippen molar-refractivity contribution in [2.45, 2.75) is 13.8 Å². The van der Waals surface area contributed by atoms with Crippen molar-refractivity contribution in [2.24, 2.45) is 0 Å². The van der Waals surface area contributed by atoms with E-state index in [1.54, 1.807) is 12.1 Å². The summed E-state index contributed by atoms with van der Waals surface area (Å²) in [6.07, 6.45) is 0. The topological polar surface area (TPSA) is 17.1 Å². The fourth-order valence-electron chi connectivity index (χ4n) is 1.82. The fraction of sp³-hybridized carbons (Fsp3) is 0.133. The van der Waals surface area contributed by atoms with Crippen LogP contribution in [0.3, 0.4) is 0 Å². The highest BCUT2D eigenvalue weighted by molar-refractivity contribution is 6.32. The number of hydrogen-bond acceptors (Lipinski definition) is 1. The zero-order valence-electron chi connectivity index (χ0n) is 10.4. The van der Waals surface area contributed by atoms with Crippen LogP contribution in [-0.2, 0) is 0 Å². The van der Waals surface area contributed by atoms with Crippen LogP contribution in [-0.4, -0.2) is 5.78 Å². The van der Waals surface area contributed by atoms with Gasteiger partial charge in [0.2, 0.25) is 0 Å². The first-order valence-corrected chi connectivity index (χ1v) is 6.42. The van der Waals surface area contributed by atoms with Gasteiger partial charge in [-0.15, -0.1) is 0 Å². The van der Waals surface area contributed by atoms with Crippen molar-refractivity contribution in [1.29, 1.82) is 0 Å². The fourth-order valence-corrected chi connectivity index (χ4v) is 2.22. The molecule has 0 atom stereocenters. The smallest absolute Gasteiger partial charge is 0.193 e. The molecule has 0 amide bonds. The van der Waals surface area contributed by atoms with E-state index in [4.69, 9.17) is 23.2 Å². The van der Waals surface area contributed by atoms with Crippen molar-refractivity contribution in [2.75, 3.05) is 0 Å². The Bertz CT molecular complexity index is 665. The van der Waals surface area contributed by atoms with Gasteiger partial charge in [-0.3, -0.25) is 4.79 Å². The second-order valence-corrected chi connectivity index (χ2v) is 5.19. The van der Waals surface area contributed by atoms with E-state index in [1.807, 2.05) is 13.8 Å². The maximum atomic E-state index is 13.1. The first-order valence-electron chi connectivity index (χ1n) is 5.66. The predicted molar refractivity (Wildman–Crippen MR) is 75.8 cm³/mol. The molecule has 0 fully saturated rings. The predicted octanol–water partition coefficient (Wildman–Crippen LogP) is 4.98. The highest BCUT2D eigenvalue weighted by atomic mass is 35.5. The van der Waals surface area contributed by atoms with Crippen LogP contribution in [0.25, 0.3) is 0 Å². The van der Waals surface area contributed by atoms with Gasteiger partial charge in [0.1, 0.15) is 5.82 Å². The Hall–Kier alpha value is -1.38. The summed E-state index contributed by atoms with van der Waals surface area (Å²) in [6, 6.07) is 7.43. The van der Waals surface area contributed by atoms with Crippen molar-refractivity contribution in [3.63, 3.8) is 0 Å². The van der Waals surface area contributed by atoms with Gasteiger partial charge in [0.05, 0.1) is 5.02 Å². The summed E-state index contributed by atoms with van der Waals surface area (Å²) in [6.45, 7) is 3.64. The zero-order valence-corrected chi connectivity index (χ0v) is 11.9. The Balaban J connectivity index is 2.49. The van der Waals surface area contributed by atoms with Gasteiger partial charge in [0.25, 0.3) is 0 Å². The summed E-state index contributed by atoms with van der Waals surface area (Å²) in [5, 5.41) is 0.556. The van der Waals surface area contributed by atoms with E-state index in [0.717, 1.165) is 11.1 Å². The lowest BCUT2D eigenvalue weighted by Gasteiger charge is -2.08. The van der Waals surface area contributed by atoms with Crippen LogP contribution < -0.4 is 0 Å². The molecule has 2 aromatic rings. The van der Waals surface area contributed by atoms with Gasteiger partial charge >= 0.3 is 0 Å². The van der Waals surface area contributed by atoms with Crippen LogP contribution in [0.4, 0.5) is 4.39 Å². The molecular weight excluding hydrogens is 286 g/mol. The van der Waals surface area contributed by atoms with Gasteiger partial charge in [-0.05, 0) is 55.3 Å². The molecule has 0 spiro atoms. The molecule has 0 aliphatic heterocycles. The molecule has 0 aliphatic rings. The molecule has 0 aromatic heterocycles. The van der Waals surface area contributed by atoms with Gasteiger partial charge in [0.15, 0.2) is 5.78 Å². The number of hydrogen-bond donors (Lipinski definition) is 0. The van der Waals surface area contributed by atoms with Crippen molar-refractivity contribution in [1.82, 2.24) is 0 Å². The van der Waals surface area contributed by atoms with Gasteiger partial charge in [-0.2, -0.15) is 0 Å². The lowest BCUT2D eigenvalue weighted by molar-refractivity contribution is 0.103. The molecule has 2 aromatic carbocycles. The SMILES string of the molecule is Cc1cc(C(=O)c2ccc(F)c(Cl)c2)c(C)cc1Cl. The maximum Gasteiger partial charge on any atom is 0.193 e. The lowest BCUT2D eigenvalue weighted by atomic mass is 9.97. The van der Waals surface area contributed by atoms with E-state index in [1.165, 1.54) is 18.2 Å². The van der Waals surface area contributed by atoms with Crippen LogP contribution in [0.5, 0.6) is 0 Å². The number of benzene rings is 2. The van der Waals surface area contributed by atoms with E-state index in [-0.39, 0.29) is 10.8 Å². The first kappa shape index (κ1) is 14.0. The monoisotopic (exact) mass is 296 g/mol. The average Bonchev–Trinajstić information content (AvgIpc) is 2.36. The minimum Gasteiger partial charge on any atom is -0.289 e. The normalized spacial score (nSPS) is 10.6. The number of aryl methyl sites for hydroxylation is 2. The average molecular weight is 297 g/mol. The van der Waals surface area contributed by atoms with Crippen LogP contribution in [0.1, 0.15) is 27.0 Å². The number of carbonyl (C=O) groups excluding carboxylic acids is 1. The van der Waals surface area contributed by atoms with E-state index in [9.17, 15) is 9.18 Å². The van der Waals surface area contributed by atoms with Gasteiger partial charge in [0, 0.05) is 16.1 Å². The standard InChI is InChI=1S/C15H11Cl2FO/c1-8-6-12(16)9(2)5-11(8)15(19)10-3-4-14(18)13(17)7-10/h3-7H,1-2H3. The Morgan fingerprint density at radius 1 is 1.00 bits per heavy atom. The van der Waals surface area contributed by atoms with Crippen molar-refractivity contribution in [3.8, 4) is 0 Å². The van der Waals surface area contributed by atoms with Crippen molar-refractivity contribution < 1.29 is 9.18 Å². The van der Waals surface area contributed by atoms with E-state index < -0.39 is 5.82 Å². The molecule has 0 saturated heterocycles. The van der Waals surface area contributed by atoms with Gasteiger partial charge in [-0.25, -0.2) is 4.39 Å². The Labute approximate surface area is 121 Å². The second kappa shape index (κ2) is 5.32. The van der Waals surface area contributed by atoms with E-state index in [2.05, 4.69) is 0 Å². The molecule has 4 heteroatoms. The lowest BCUT2D eigenvalue weighted by Crippen LogP contribution is -2.05. The molecule has 2 rings (SSSR count). The summed E-state index contributed by atoms with van der Waals surface area (Å²) >= 11 is 11.7. The van der Waals surface area contributed by atoms with Crippen molar-refractivity contribution in [3.05, 3.63) is 68.4 Å². The second-order valence-electron chi connectivity index (χ2n) is 4.37. The molecule has 0 N–H and O–H groups in total.